The summed E-state index contributed by atoms with van der Waals surface area (Å²) in [6.07, 6.45) is 1.32. The summed E-state index contributed by atoms with van der Waals surface area (Å²) < 4.78 is 16.2. The molecule has 1 fully saturated rings. The lowest BCUT2D eigenvalue weighted by Crippen LogP contribution is -2.24. The molecule has 1 aliphatic rings. The third kappa shape index (κ3) is 5.06. The lowest BCUT2D eigenvalue weighted by molar-refractivity contribution is -0.147. The molecule has 1 aliphatic carbocycles. The Hall–Kier alpha value is -3.80. The first-order valence-electron chi connectivity index (χ1n) is 11.3. The van der Waals surface area contributed by atoms with E-state index in [9.17, 15) is 9.59 Å². The number of benzene rings is 3. The average molecular weight is 460 g/mol. The highest BCUT2D eigenvalue weighted by molar-refractivity contribution is 5.97. The summed E-state index contributed by atoms with van der Waals surface area (Å²) >= 11 is 0. The van der Waals surface area contributed by atoms with Crippen molar-refractivity contribution >= 4 is 11.9 Å². The molecule has 4 rings (SSSR count). The number of carbonyl (C=O) groups excluding carboxylic acids is 2. The topological polar surface area (TPSA) is 73.9 Å². The van der Waals surface area contributed by atoms with Crippen molar-refractivity contribution in [3.63, 3.8) is 0 Å². The molecule has 1 unspecified atom stereocenters. The van der Waals surface area contributed by atoms with E-state index < -0.39 is 5.41 Å². The van der Waals surface area contributed by atoms with E-state index in [1.54, 1.807) is 12.1 Å². The SMILES string of the molecule is COC(=O)C1(Cc2ccc(OC)c(C(=O)NCc3ccc(Oc4ccccc4)cc3)c2)C[C@H]1C. The third-order valence-corrected chi connectivity index (χ3v) is 6.43. The maximum atomic E-state index is 13.0. The summed E-state index contributed by atoms with van der Waals surface area (Å²) in [4.78, 5) is 25.3. The van der Waals surface area contributed by atoms with Gasteiger partial charge in [-0.15, -0.1) is 0 Å². The van der Waals surface area contributed by atoms with Gasteiger partial charge >= 0.3 is 5.97 Å². The molecule has 1 saturated carbocycles. The second-order valence-corrected chi connectivity index (χ2v) is 8.71. The van der Waals surface area contributed by atoms with Crippen LogP contribution in [-0.2, 0) is 22.5 Å². The Morgan fingerprint density at radius 2 is 1.59 bits per heavy atom. The van der Waals surface area contributed by atoms with Gasteiger partial charge in [0.25, 0.3) is 5.91 Å². The quantitative estimate of drug-likeness (QED) is 0.448. The highest BCUT2D eigenvalue weighted by Gasteiger charge is 2.58. The molecule has 176 valence electrons. The molecule has 1 amide bonds. The van der Waals surface area contributed by atoms with Crippen LogP contribution in [-0.4, -0.2) is 26.1 Å². The molecule has 3 aromatic carbocycles. The van der Waals surface area contributed by atoms with Gasteiger partial charge in [0.15, 0.2) is 0 Å². The van der Waals surface area contributed by atoms with Crippen LogP contribution >= 0.6 is 0 Å². The fraction of sp³-hybridized carbons (Fsp3) is 0.286. The van der Waals surface area contributed by atoms with E-state index in [1.807, 2.05) is 67.6 Å². The van der Waals surface area contributed by atoms with Crippen molar-refractivity contribution in [3.8, 4) is 17.2 Å². The lowest BCUT2D eigenvalue weighted by Gasteiger charge is -2.16. The van der Waals surface area contributed by atoms with Gasteiger partial charge in [0.1, 0.15) is 17.2 Å². The Morgan fingerprint density at radius 1 is 0.941 bits per heavy atom. The maximum Gasteiger partial charge on any atom is 0.312 e. The molecule has 0 spiro atoms. The van der Waals surface area contributed by atoms with Crippen molar-refractivity contribution in [2.45, 2.75) is 26.3 Å². The predicted molar refractivity (Wildman–Crippen MR) is 129 cm³/mol. The van der Waals surface area contributed by atoms with Gasteiger partial charge in [-0.2, -0.15) is 0 Å². The van der Waals surface area contributed by atoms with E-state index in [2.05, 4.69) is 5.32 Å². The number of rotatable bonds is 9. The van der Waals surface area contributed by atoms with Gasteiger partial charge in [-0.3, -0.25) is 9.59 Å². The summed E-state index contributed by atoms with van der Waals surface area (Å²) in [6.45, 7) is 2.41. The number of carbonyl (C=O) groups is 2. The first kappa shape index (κ1) is 23.4. The molecular formula is C28H29NO5. The van der Waals surface area contributed by atoms with Crippen molar-refractivity contribution in [3.05, 3.63) is 89.5 Å². The summed E-state index contributed by atoms with van der Waals surface area (Å²) in [5, 5.41) is 2.96. The van der Waals surface area contributed by atoms with E-state index in [-0.39, 0.29) is 17.8 Å². The Balaban J connectivity index is 1.41. The van der Waals surface area contributed by atoms with Crippen molar-refractivity contribution < 1.29 is 23.8 Å². The van der Waals surface area contributed by atoms with Crippen LogP contribution in [0, 0.1) is 11.3 Å². The third-order valence-electron chi connectivity index (χ3n) is 6.43. The molecular weight excluding hydrogens is 430 g/mol. The smallest absolute Gasteiger partial charge is 0.312 e. The second-order valence-electron chi connectivity index (χ2n) is 8.71. The minimum atomic E-state index is -0.499. The molecule has 6 heteroatoms. The second kappa shape index (κ2) is 10.00. The number of nitrogens with one attached hydrogen (secondary N) is 1. The van der Waals surface area contributed by atoms with Gasteiger partial charge in [0.2, 0.25) is 0 Å². The van der Waals surface area contributed by atoms with Gasteiger partial charge in [0, 0.05) is 6.54 Å². The summed E-state index contributed by atoms with van der Waals surface area (Å²) in [5.74, 6) is 1.81. The van der Waals surface area contributed by atoms with Crippen LogP contribution in [0.1, 0.15) is 34.8 Å². The van der Waals surface area contributed by atoms with Crippen molar-refractivity contribution in [2.75, 3.05) is 14.2 Å². The normalized spacial score (nSPS) is 18.6. The summed E-state index contributed by atoms with van der Waals surface area (Å²) in [7, 11) is 2.96. The van der Waals surface area contributed by atoms with Crippen LogP contribution < -0.4 is 14.8 Å². The van der Waals surface area contributed by atoms with E-state index in [4.69, 9.17) is 14.2 Å². The van der Waals surface area contributed by atoms with Crippen LogP contribution in [0.25, 0.3) is 0 Å². The van der Waals surface area contributed by atoms with Gasteiger partial charge < -0.3 is 19.5 Å². The summed E-state index contributed by atoms with van der Waals surface area (Å²) in [6, 6.07) is 22.6. The largest absolute Gasteiger partial charge is 0.496 e. The fourth-order valence-electron chi connectivity index (χ4n) is 4.28. The highest BCUT2D eigenvalue weighted by atomic mass is 16.5. The Morgan fingerprint density at radius 3 is 2.21 bits per heavy atom. The molecule has 34 heavy (non-hydrogen) atoms. The van der Waals surface area contributed by atoms with Gasteiger partial charge in [-0.1, -0.05) is 43.3 Å². The van der Waals surface area contributed by atoms with E-state index in [1.165, 1.54) is 14.2 Å². The Bertz CT molecular complexity index is 1160. The molecule has 2 atom stereocenters. The van der Waals surface area contributed by atoms with Gasteiger partial charge in [0.05, 0.1) is 25.2 Å². The van der Waals surface area contributed by atoms with Crippen LogP contribution in [0.15, 0.2) is 72.8 Å². The van der Waals surface area contributed by atoms with E-state index in [0.717, 1.165) is 29.0 Å². The first-order chi connectivity index (χ1) is 16.4. The van der Waals surface area contributed by atoms with Crippen molar-refractivity contribution in [1.29, 1.82) is 0 Å². The predicted octanol–water partition coefficient (Wildman–Crippen LogP) is 5.16. The summed E-state index contributed by atoms with van der Waals surface area (Å²) in [5.41, 5.74) is 1.79. The number of hydrogen-bond donors (Lipinski definition) is 1. The standard InChI is InChI=1S/C28H29NO5/c1-19-16-28(19,27(31)33-3)17-21-11-14-25(32-2)24(15-21)26(30)29-18-20-9-12-23(13-10-20)34-22-7-5-4-6-8-22/h4-15,19H,16-18H2,1-3H3,(H,29,30)/t19-,28?/m1/s1. The zero-order chi connectivity index (χ0) is 24.1. The number of amides is 1. The van der Waals surface area contributed by atoms with E-state index >= 15 is 0 Å². The fourth-order valence-corrected chi connectivity index (χ4v) is 4.28. The number of hydrogen-bond acceptors (Lipinski definition) is 5. The molecule has 6 nitrogen and oxygen atoms in total. The first-order valence-corrected chi connectivity index (χ1v) is 11.3. The lowest BCUT2D eigenvalue weighted by atomic mass is 9.93. The van der Waals surface area contributed by atoms with Gasteiger partial charge in [-0.05, 0) is 66.3 Å². The molecule has 0 aliphatic heterocycles. The average Bonchev–Trinajstić information content (AvgIpc) is 3.53. The minimum Gasteiger partial charge on any atom is -0.496 e. The zero-order valence-corrected chi connectivity index (χ0v) is 19.7. The molecule has 3 aromatic rings. The number of para-hydroxylation sites is 1. The highest BCUT2D eigenvalue weighted by Crippen LogP contribution is 2.55. The zero-order valence-electron chi connectivity index (χ0n) is 19.7. The van der Waals surface area contributed by atoms with Gasteiger partial charge in [-0.25, -0.2) is 0 Å². The molecule has 1 N–H and O–H groups in total. The Kier molecular flexibility index (Phi) is 6.87. The van der Waals surface area contributed by atoms with Crippen LogP contribution in [0.2, 0.25) is 0 Å². The molecule has 0 bridgehead atoms. The Labute approximate surface area is 199 Å². The van der Waals surface area contributed by atoms with Crippen molar-refractivity contribution in [1.82, 2.24) is 5.32 Å². The number of esters is 1. The van der Waals surface area contributed by atoms with E-state index in [0.29, 0.717) is 24.3 Å². The monoisotopic (exact) mass is 459 g/mol. The molecule has 0 heterocycles. The molecule has 0 aromatic heterocycles. The molecule has 0 saturated heterocycles. The maximum absolute atomic E-state index is 13.0. The molecule has 0 radical (unpaired) electrons. The van der Waals surface area contributed by atoms with Crippen LogP contribution in [0.4, 0.5) is 0 Å². The van der Waals surface area contributed by atoms with Crippen LogP contribution in [0.5, 0.6) is 17.2 Å². The number of methoxy groups -OCH3 is 2. The van der Waals surface area contributed by atoms with Crippen molar-refractivity contribution in [2.24, 2.45) is 11.3 Å². The van der Waals surface area contributed by atoms with Crippen LogP contribution in [0.3, 0.4) is 0 Å². The number of ether oxygens (including phenoxy) is 3. The minimum absolute atomic E-state index is 0.193.